The Bertz CT molecular complexity index is 306. The van der Waals surface area contributed by atoms with Crippen molar-refractivity contribution in [2.75, 3.05) is 19.7 Å². The van der Waals surface area contributed by atoms with E-state index in [2.05, 4.69) is 5.32 Å². The van der Waals surface area contributed by atoms with Gasteiger partial charge in [-0.05, 0) is 62.5 Å². The Kier molecular flexibility index (Phi) is 4.17. The van der Waals surface area contributed by atoms with Crippen molar-refractivity contribution in [1.82, 2.24) is 5.32 Å². The minimum Gasteiger partial charge on any atom is -0.494 e. The van der Waals surface area contributed by atoms with Crippen LogP contribution in [0, 0.1) is 11.7 Å². The molecular weight excluding hydrogens is 205 g/mol. The summed E-state index contributed by atoms with van der Waals surface area (Å²) in [6.45, 7) is 2.97. The Labute approximate surface area is 95.8 Å². The van der Waals surface area contributed by atoms with Crippen molar-refractivity contribution in [2.45, 2.75) is 19.3 Å². The summed E-state index contributed by atoms with van der Waals surface area (Å²) in [6.07, 6.45) is 3.63. The van der Waals surface area contributed by atoms with E-state index in [1.807, 2.05) is 0 Å². The van der Waals surface area contributed by atoms with E-state index in [-0.39, 0.29) is 5.82 Å². The zero-order valence-electron chi connectivity index (χ0n) is 9.42. The second-order valence-electron chi connectivity index (χ2n) is 4.30. The average Bonchev–Trinajstić information content (AvgIpc) is 2.33. The molecule has 0 unspecified atom stereocenters. The SMILES string of the molecule is Fc1ccc(OCC[C@@H]2CCCNC2)cc1. The van der Waals surface area contributed by atoms with Crippen molar-refractivity contribution in [3.05, 3.63) is 30.1 Å². The van der Waals surface area contributed by atoms with Crippen LogP contribution in [0.2, 0.25) is 0 Å². The fourth-order valence-electron chi connectivity index (χ4n) is 2.04. The van der Waals surface area contributed by atoms with E-state index in [0.717, 1.165) is 37.8 Å². The van der Waals surface area contributed by atoms with Gasteiger partial charge in [-0.3, -0.25) is 0 Å². The highest BCUT2D eigenvalue weighted by atomic mass is 19.1. The van der Waals surface area contributed by atoms with Crippen LogP contribution in [0.3, 0.4) is 0 Å². The third-order valence-corrected chi connectivity index (χ3v) is 3.01. The molecule has 3 heteroatoms. The van der Waals surface area contributed by atoms with Crippen LogP contribution in [0.4, 0.5) is 4.39 Å². The summed E-state index contributed by atoms with van der Waals surface area (Å²) in [5.41, 5.74) is 0. The Morgan fingerprint density at radius 3 is 2.81 bits per heavy atom. The van der Waals surface area contributed by atoms with Gasteiger partial charge in [0, 0.05) is 0 Å². The molecule has 1 aromatic carbocycles. The average molecular weight is 223 g/mol. The molecule has 1 atom stereocenters. The highest BCUT2D eigenvalue weighted by molar-refractivity contribution is 5.21. The molecular formula is C13H18FNO. The topological polar surface area (TPSA) is 21.3 Å². The van der Waals surface area contributed by atoms with Crippen LogP contribution in [-0.4, -0.2) is 19.7 Å². The molecule has 1 saturated heterocycles. The lowest BCUT2D eigenvalue weighted by atomic mass is 9.97. The quantitative estimate of drug-likeness (QED) is 0.847. The molecule has 1 aliphatic rings. The summed E-state index contributed by atoms with van der Waals surface area (Å²) in [7, 11) is 0. The zero-order chi connectivity index (χ0) is 11.2. The van der Waals surface area contributed by atoms with Crippen LogP contribution in [0.15, 0.2) is 24.3 Å². The molecule has 0 amide bonds. The number of ether oxygens (including phenoxy) is 1. The normalized spacial score (nSPS) is 20.7. The molecule has 2 nitrogen and oxygen atoms in total. The smallest absolute Gasteiger partial charge is 0.123 e. The van der Waals surface area contributed by atoms with Crippen molar-refractivity contribution in [3.8, 4) is 5.75 Å². The highest BCUT2D eigenvalue weighted by Gasteiger charge is 2.12. The van der Waals surface area contributed by atoms with Crippen LogP contribution in [-0.2, 0) is 0 Å². The van der Waals surface area contributed by atoms with E-state index in [1.165, 1.54) is 25.0 Å². The molecule has 0 aromatic heterocycles. The summed E-state index contributed by atoms with van der Waals surface area (Å²) in [5.74, 6) is 1.27. The standard InChI is InChI=1S/C13H18FNO/c14-12-3-5-13(6-4-12)16-9-7-11-2-1-8-15-10-11/h3-6,11,15H,1-2,7-10H2/t11-/m0/s1. The van der Waals surface area contributed by atoms with Crippen LogP contribution >= 0.6 is 0 Å². The van der Waals surface area contributed by atoms with E-state index < -0.39 is 0 Å². The third kappa shape index (κ3) is 3.49. The summed E-state index contributed by atoms with van der Waals surface area (Å²) in [5, 5.41) is 3.39. The van der Waals surface area contributed by atoms with Gasteiger partial charge in [-0.1, -0.05) is 0 Å². The van der Waals surface area contributed by atoms with Gasteiger partial charge in [-0.15, -0.1) is 0 Å². The number of benzene rings is 1. The van der Waals surface area contributed by atoms with Gasteiger partial charge < -0.3 is 10.1 Å². The lowest BCUT2D eigenvalue weighted by Crippen LogP contribution is -2.30. The predicted octanol–water partition coefficient (Wildman–Crippen LogP) is 2.59. The molecule has 1 fully saturated rings. The highest BCUT2D eigenvalue weighted by Crippen LogP contribution is 2.16. The van der Waals surface area contributed by atoms with Gasteiger partial charge in [0.05, 0.1) is 6.61 Å². The number of hydrogen-bond donors (Lipinski definition) is 1. The largest absolute Gasteiger partial charge is 0.494 e. The van der Waals surface area contributed by atoms with Gasteiger partial charge in [0.25, 0.3) is 0 Å². The Morgan fingerprint density at radius 1 is 1.31 bits per heavy atom. The number of hydrogen-bond acceptors (Lipinski definition) is 2. The van der Waals surface area contributed by atoms with Crippen molar-refractivity contribution in [2.24, 2.45) is 5.92 Å². The van der Waals surface area contributed by atoms with Gasteiger partial charge in [-0.25, -0.2) is 4.39 Å². The van der Waals surface area contributed by atoms with Crippen LogP contribution in [0.1, 0.15) is 19.3 Å². The van der Waals surface area contributed by atoms with Crippen LogP contribution in [0.25, 0.3) is 0 Å². The predicted molar refractivity (Wildman–Crippen MR) is 62.1 cm³/mol. The maximum absolute atomic E-state index is 12.6. The minimum atomic E-state index is -0.219. The molecule has 16 heavy (non-hydrogen) atoms. The van der Waals surface area contributed by atoms with Gasteiger partial charge in [0.2, 0.25) is 0 Å². The molecule has 0 spiro atoms. The molecule has 1 heterocycles. The lowest BCUT2D eigenvalue weighted by molar-refractivity contribution is 0.254. The van der Waals surface area contributed by atoms with Gasteiger partial charge in [0.1, 0.15) is 11.6 Å². The summed E-state index contributed by atoms with van der Waals surface area (Å²) < 4.78 is 18.2. The van der Waals surface area contributed by atoms with E-state index in [1.54, 1.807) is 12.1 Å². The Morgan fingerprint density at radius 2 is 2.12 bits per heavy atom. The van der Waals surface area contributed by atoms with E-state index in [9.17, 15) is 4.39 Å². The maximum atomic E-state index is 12.6. The zero-order valence-corrected chi connectivity index (χ0v) is 9.42. The number of rotatable bonds is 4. The third-order valence-electron chi connectivity index (χ3n) is 3.01. The molecule has 2 rings (SSSR count). The molecule has 0 radical (unpaired) electrons. The summed E-state index contributed by atoms with van der Waals surface area (Å²) in [6, 6.07) is 6.21. The maximum Gasteiger partial charge on any atom is 0.123 e. The van der Waals surface area contributed by atoms with Gasteiger partial charge in [-0.2, -0.15) is 0 Å². The first kappa shape index (κ1) is 11.4. The molecule has 0 bridgehead atoms. The van der Waals surface area contributed by atoms with Crippen molar-refractivity contribution < 1.29 is 9.13 Å². The van der Waals surface area contributed by atoms with Crippen molar-refractivity contribution in [1.29, 1.82) is 0 Å². The molecule has 0 saturated carbocycles. The lowest BCUT2D eigenvalue weighted by Gasteiger charge is -2.22. The Balaban J connectivity index is 1.69. The second-order valence-corrected chi connectivity index (χ2v) is 4.30. The summed E-state index contributed by atoms with van der Waals surface area (Å²) >= 11 is 0. The Hall–Kier alpha value is -1.09. The molecule has 1 aliphatic heterocycles. The second kappa shape index (κ2) is 5.85. The van der Waals surface area contributed by atoms with E-state index in [4.69, 9.17) is 4.74 Å². The van der Waals surface area contributed by atoms with Crippen molar-refractivity contribution >= 4 is 0 Å². The first-order chi connectivity index (χ1) is 7.84. The number of piperidine rings is 1. The first-order valence-electron chi connectivity index (χ1n) is 5.94. The van der Waals surface area contributed by atoms with Gasteiger partial charge >= 0.3 is 0 Å². The molecule has 1 N–H and O–H groups in total. The van der Waals surface area contributed by atoms with Crippen molar-refractivity contribution in [3.63, 3.8) is 0 Å². The number of nitrogens with one attached hydrogen (secondary N) is 1. The first-order valence-corrected chi connectivity index (χ1v) is 5.94. The minimum absolute atomic E-state index is 0.219. The van der Waals surface area contributed by atoms with E-state index >= 15 is 0 Å². The number of halogens is 1. The molecule has 88 valence electrons. The molecule has 1 aromatic rings. The van der Waals surface area contributed by atoms with Crippen LogP contribution < -0.4 is 10.1 Å². The molecule has 0 aliphatic carbocycles. The summed E-state index contributed by atoms with van der Waals surface area (Å²) in [4.78, 5) is 0. The fraction of sp³-hybridized carbons (Fsp3) is 0.538. The van der Waals surface area contributed by atoms with E-state index in [0.29, 0.717) is 0 Å². The monoisotopic (exact) mass is 223 g/mol. The fourth-order valence-corrected chi connectivity index (χ4v) is 2.04. The van der Waals surface area contributed by atoms with Gasteiger partial charge in [0.15, 0.2) is 0 Å². The van der Waals surface area contributed by atoms with Crippen LogP contribution in [0.5, 0.6) is 5.75 Å².